The van der Waals surface area contributed by atoms with Gasteiger partial charge in [-0.2, -0.15) is 4.98 Å². The van der Waals surface area contributed by atoms with Crippen molar-refractivity contribution in [2.75, 3.05) is 25.6 Å². The zero-order chi connectivity index (χ0) is 20.4. The highest BCUT2D eigenvalue weighted by atomic mass is 16.6. The molecule has 28 heavy (non-hydrogen) atoms. The Kier molecular flexibility index (Phi) is 5.27. The third-order valence-corrected chi connectivity index (χ3v) is 4.43. The molecule has 3 aromatic rings. The zero-order valence-corrected chi connectivity index (χ0v) is 15.7. The van der Waals surface area contributed by atoms with Gasteiger partial charge in [-0.25, -0.2) is 4.79 Å². The quantitative estimate of drug-likeness (QED) is 0.354. The fourth-order valence-electron chi connectivity index (χ4n) is 2.91. The van der Waals surface area contributed by atoms with Gasteiger partial charge in [0.05, 0.1) is 18.1 Å². The maximum atomic E-state index is 12.7. The number of rotatable bonds is 7. The van der Waals surface area contributed by atoms with Gasteiger partial charge in [-0.3, -0.25) is 28.6 Å². The summed E-state index contributed by atoms with van der Waals surface area (Å²) in [4.78, 5) is 39.8. The molecule has 0 bridgehead atoms. The van der Waals surface area contributed by atoms with Crippen LogP contribution in [0.25, 0.3) is 11.2 Å². The predicted molar refractivity (Wildman–Crippen MR) is 103 cm³/mol. The van der Waals surface area contributed by atoms with Crippen molar-refractivity contribution in [2.24, 2.45) is 14.1 Å². The van der Waals surface area contributed by atoms with E-state index in [1.54, 1.807) is 30.9 Å². The van der Waals surface area contributed by atoms with E-state index in [0.29, 0.717) is 19.1 Å². The first-order valence-electron chi connectivity index (χ1n) is 8.47. The Hall–Kier alpha value is -3.47. The molecule has 1 aromatic carbocycles. The molecule has 0 saturated carbocycles. The largest absolute Gasteiger partial charge is 0.383 e. The molecule has 0 saturated heterocycles. The van der Waals surface area contributed by atoms with E-state index >= 15 is 0 Å². The molecule has 0 unspecified atom stereocenters. The number of methoxy groups -OCH3 is 1. The lowest BCUT2D eigenvalue weighted by molar-refractivity contribution is -0.384. The fourth-order valence-corrected chi connectivity index (χ4v) is 2.91. The van der Waals surface area contributed by atoms with Crippen LogP contribution in [0.4, 0.5) is 11.6 Å². The average Bonchev–Trinajstić information content (AvgIpc) is 3.04. The summed E-state index contributed by atoms with van der Waals surface area (Å²) in [6, 6.07) is 6.05. The molecular formula is C17H20N6O5. The maximum absolute atomic E-state index is 12.7. The molecule has 2 aromatic heterocycles. The van der Waals surface area contributed by atoms with Crippen LogP contribution in [0.2, 0.25) is 0 Å². The SMILES string of the molecule is COCCNc1nc2c(c(=O)n(C)c(=O)n2C)n1Cc1ccc([N+](=O)[O-])cc1. The van der Waals surface area contributed by atoms with Crippen molar-refractivity contribution < 1.29 is 9.66 Å². The molecule has 3 rings (SSSR count). The van der Waals surface area contributed by atoms with Crippen LogP contribution in [0, 0.1) is 10.1 Å². The maximum Gasteiger partial charge on any atom is 0.332 e. The molecule has 0 radical (unpaired) electrons. The molecule has 0 aliphatic rings. The second kappa shape index (κ2) is 7.64. The van der Waals surface area contributed by atoms with Crippen LogP contribution in [0.3, 0.4) is 0 Å². The number of ether oxygens (including phenoxy) is 1. The lowest BCUT2D eigenvalue weighted by Gasteiger charge is -2.11. The first-order chi connectivity index (χ1) is 13.3. The van der Waals surface area contributed by atoms with E-state index in [-0.39, 0.29) is 23.4 Å². The normalized spacial score (nSPS) is 11.1. The molecule has 11 heteroatoms. The molecule has 0 atom stereocenters. The molecule has 0 spiro atoms. The third kappa shape index (κ3) is 3.39. The number of anilines is 1. The van der Waals surface area contributed by atoms with E-state index in [4.69, 9.17) is 4.74 Å². The standard InChI is InChI=1S/C17H20N6O5/c1-20-14-13(15(24)21(2)17(20)25)22(16(19-14)18-8-9-28-3)10-11-4-6-12(7-5-11)23(26)27/h4-7H,8-10H2,1-3H3,(H,18,19). The monoisotopic (exact) mass is 388 g/mol. The van der Waals surface area contributed by atoms with E-state index in [0.717, 1.165) is 10.1 Å². The molecule has 1 N–H and O–H groups in total. The number of aromatic nitrogens is 4. The van der Waals surface area contributed by atoms with E-state index in [2.05, 4.69) is 10.3 Å². The third-order valence-electron chi connectivity index (χ3n) is 4.43. The van der Waals surface area contributed by atoms with Crippen molar-refractivity contribution in [3.05, 3.63) is 60.8 Å². The van der Waals surface area contributed by atoms with E-state index in [1.165, 1.54) is 23.7 Å². The molecule has 2 heterocycles. The molecule has 0 aliphatic carbocycles. The van der Waals surface area contributed by atoms with Gasteiger partial charge in [-0.15, -0.1) is 0 Å². The highest BCUT2D eigenvalue weighted by Crippen LogP contribution is 2.19. The van der Waals surface area contributed by atoms with Gasteiger partial charge in [-0.1, -0.05) is 12.1 Å². The second-order valence-corrected chi connectivity index (χ2v) is 6.24. The first kappa shape index (κ1) is 19.3. The van der Waals surface area contributed by atoms with Gasteiger partial charge >= 0.3 is 5.69 Å². The van der Waals surface area contributed by atoms with Gasteiger partial charge < -0.3 is 10.1 Å². The molecule has 0 aliphatic heterocycles. The number of hydrogen-bond acceptors (Lipinski definition) is 7. The minimum atomic E-state index is -0.473. The number of benzene rings is 1. The number of fused-ring (bicyclic) bond motifs is 1. The first-order valence-corrected chi connectivity index (χ1v) is 8.47. The Morgan fingerprint density at radius 3 is 2.46 bits per heavy atom. The number of non-ortho nitro benzene ring substituents is 1. The summed E-state index contributed by atoms with van der Waals surface area (Å²) in [5.41, 5.74) is 0.317. The average molecular weight is 388 g/mol. The number of nitro benzene ring substituents is 1. The Balaban J connectivity index is 2.14. The van der Waals surface area contributed by atoms with Crippen LogP contribution in [0.5, 0.6) is 0 Å². The number of imidazole rings is 1. The summed E-state index contributed by atoms with van der Waals surface area (Å²) >= 11 is 0. The van der Waals surface area contributed by atoms with Crippen molar-refractivity contribution in [3.63, 3.8) is 0 Å². The van der Waals surface area contributed by atoms with Crippen LogP contribution in [-0.4, -0.2) is 43.9 Å². The molecular weight excluding hydrogens is 368 g/mol. The van der Waals surface area contributed by atoms with Gasteiger partial charge in [0.2, 0.25) is 5.95 Å². The summed E-state index contributed by atoms with van der Waals surface area (Å²) < 4.78 is 9.03. The van der Waals surface area contributed by atoms with Gasteiger partial charge in [0.25, 0.3) is 11.2 Å². The van der Waals surface area contributed by atoms with E-state index in [1.807, 2.05) is 0 Å². The number of nitrogens with one attached hydrogen (secondary N) is 1. The van der Waals surface area contributed by atoms with Crippen molar-refractivity contribution in [1.29, 1.82) is 0 Å². The summed E-state index contributed by atoms with van der Waals surface area (Å²) in [6.07, 6.45) is 0. The lowest BCUT2D eigenvalue weighted by atomic mass is 10.2. The van der Waals surface area contributed by atoms with E-state index < -0.39 is 16.2 Å². The highest BCUT2D eigenvalue weighted by molar-refractivity contribution is 5.74. The van der Waals surface area contributed by atoms with Crippen molar-refractivity contribution >= 4 is 22.8 Å². The molecule has 0 fully saturated rings. The van der Waals surface area contributed by atoms with Crippen molar-refractivity contribution in [2.45, 2.75) is 6.54 Å². The van der Waals surface area contributed by atoms with Crippen molar-refractivity contribution in [3.8, 4) is 0 Å². The Bertz CT molecular complexity index is 1140. The van der Waals surface area contributed by atoms with Crippen molar-refractivity contribution in [1.82, 2.24) is 18.7 Å². The summed E-state index contributed by atoms with van der Waals surface area (Å²) in [6.45, 7) is 1.13. The van der Waals surface area contributed by atoms with Crippen LogP contribution >= 0.6 is 0 Å². The highest BCUT2D eigenvalue weighted by Gasteiger charge is 2.19. The van der Waals surface area contributed by atoms with Gasteiger partial charge in [0.15, 0.2) is 11.2 Å². The molecule has 148 valence electrons. The van der Waals surface area contributed by atoms with Crippen LogP contribution < -0.4 is 16.6 Å². The number of hydrogen-bond donors (Lipinski definition) is 1. The van der Waals surface area contributed by atoms with Gasteiger partial charge in [0.1, 0.15) is 0 Å². The van der Waals surface area contributed by atoms with Crippen LogP contribution in [0.1, 0.15) is 5.56 Å². The second-order valence-electron chi connectivity index (χ2n) is 6.24. The smallest absolute Gasteiger partial charge is 0.332 e. The summed E-state index contributed by atoms with van der Waals surface area (Å²) in [7, 11) is 4.53. The summed E-state index contributed by atoms with van der Waals surface area (Å²) in [5.74, 6) is 0.406. The van der Waals surface area contributed by atoms with Crippen LogP contribution in [-0.2, 0) is 25.4 Å². The molecule has 0 amide bonds. The van der Waals surface area contributed by atoms with E-state index in [9.17, 15) is 19.7 Å². The zero-order valence-electron chi connectivity index (χ0n) is 15.7. The Labute approximate surface area is 158 Å². The Morgan fingerprint density at radius 2 is 1.86 bits per heavy atom. The van der Waals surface area contributed by atoms with Gasteiger partial charge in [-0.05, 0) is 5.56 Å². The van der Waals surface area contributed by atoms with Crippen LogP contribution in [0.15, 0.2) is 33.9 Å². The number of nitrogens with zero attached hydrogens (tertiary/aromatic N) is 5. The lowest BCUT2D eigenvalue weighted by Crippen LogP contribution is -2.37. The topological polar surface area (TPSA) is 126 Å². The van der Waals surface area contributed by atoms with Gasteiger partial charge in [0, 0.05) is 39.9 Å². The number of nitro groups is 1. The Morgan fingerprint density at radius 1 is 1.18 bits per heavy atom. The molecule has 11 nitrogen and oxygen atoms in total. The minimum absolute atomic E-state index is 0.0176. The predicted octanol–water partition coefficient (Wildman–Crippen LogP) is 0.448. The minimum Gasteiger partial charge on any atom is -0.383 e. The summed E-state index contributed by atoms with van der Waals surface area (Å²) in [5, 5.41) is 14.0. The fraction of sp³-hybridized carbons (Fsp3) is 0.353. The number of aryl methyl sites for hydroxylation is 1.